The van der Waals surface area contributed by atoms with Crippen LogP contribution in [0.4, 0.5) is 0 Å². The molecule has 6 nitrogen and oxygen atoms in total. The van der Waals surface area contributed by atoms with Crippen LogP contribution in [0.3, 0.4) is 0 Å². The zero-order chi connectivity index (χ0) is 18.1. The summed E-state index contributed by atoms with van der Waals surface area (Å²) < 4.78 is 5.51. The number of halogens is 1. The van der Waals surface area contributed by atoms with Gasteiger partial charge in [0.1, 0.15) is 0 Å². The Morgan fingerprint density at radius 2 is 2.19 bits per heavy atom. The normalized spacial score (nSPS) is 21.2. The molecule has 0 saturated carbocycles. The van der Waals surface area contributed by atoms with Crippen LogP contribution < -0.4 is 10.6 Å². The first-order valence-electron chi connectivity index (χ1n) is 9.04. The lowest BCUT2D eigenvalue weighted by Crippen LogP contribution is -2.40. The molecule has 2 unspecified atom stereocenters. The van der Waals surface area contributed by atoms with Crippen LogP contribution in [0.25, 0.3) is 0 Å². The quantitative estimate of drug-likeness (QED) is 0.262. The second-order valence-electron chi connectivity index (χ2n) is 6.78. The second kappa shape index (κ2) is 11.7. The van der Waals surface area contributed by atoms with E-state index in [1.54, 1.807) is 0 Å². The molecule has 148 valence electrons. The number of aliphatic hydroxyl groups excluding tert-OH is 2. The molecule has 0 aromatic heterocycles. The molecule has 1 fully saturated rings. The van der Waals surface area contributed by atoms with Gasteiger partial charge in [0, 0.05) is 31.7 Å². The summed E-state index contributed by atoms with van der Waals surface area (Å²) in [5.41, 5.74) is 1.94. The molecule has 0 amide bonds. The zero-order valence-electron chi connectivity index (χ0n) is 15.7. The van der Waals surface area contributed by atoms with E-state index < -0.39 is 6.10 Å². The number of rotatable bonds is 8. The van der Waals surface area contributed by atoms with Crippen molar-refractivity contribution in [2.24, 2.45) is 10.4 Å². The van der Waals surface area contributed by atoms with Crippen LogP contribution in [0.15, 0.2) is 29.3 Å². The smallest absolute Gasteiger partial charge is 0.191 e. The molecule has 2 rings (SSSR count). The number of ether oxygens (including phenoxy) is 1. The standard InChI is InChI=1S/C19H31N3O3.HI/c1-3-20-18(22-13-19(7-9-23)8-10-25-14-19)21-12-17(24)16-6-4-5-15(2)11-16;/h4-6,11,17,23-24H,3,7-10,12-14H2,1-2H3,(H2,20,21,22);1H. The third-order valence-corrected chi connectivity index (χ3v) is 4.63. The Hall–Kier alpha value is -0.900. The topological polar surface area (TPSA) is 86.1 Å². The summed E-state index contributed by atoms with van der Waals surface area (Å²) in [6.07, 6.45) is 1.02. The van der Waals surface area contributed by atoms with Crippen molar-refractivity contribution < 1.29 is 14.9 Å². The van der Waals surface area contributed by atoms with Crippen molar-refractivity contribution in [1.29, 1.82) is 0 Å². The average Bonchev–Trinajstić information content (AvgIpc) is 3.06. The van der Waals surface area contributed by atoms with Crippen LogP contribution in [-0.4, -0.2) is 55.6 Å². The van der Waals surface area contributed by atoms with Crippen molar-refractivity contribution in [3.63, 3.8) is 0 Å². The number of aryl methyl sites for hydroxylation is 1. The number of hydrogen-bond donors (Lipinski definition) is 4. The predicted molar refractivity (Wildman–Crippen MR) is 115 cm³/mol. The number of nitrogens with one attached hydrogen (secondary N) is 2. The maximum Gasteiger partial charge on any atom is 0.191 e. The summed E-state index contributed by atoms with van der Waals surface area (Å²) >= 11 is 0. The van der Waals surface area contributed by atoms with E-state index in [2.05, 4.69) is 15.6 Å². The predicted octanol–water partition coefficient (Wildman–Crippen LogP) is 1.99. The summed E-state index contributed by atoms with van der Waals surface area (Å²) in [6, 6.07) is 7.88. The third kappa shape index (κ3) is 7.02. The number of aliphatic imine (C=N–C) groups is 1. The van der Waals surface area contributed by atoms with E-state index in [9.17, 15) is 10.2 Å². The van der Waals surface area contributed by atoms with E-state index in [1.165, 1.54) is 0 Å². The first-order chi connectivity index (χ1) is 12.1. The van der Waals surface area contributed by atoms with E-state index in [0.717, 1.165) is 30.7 Å². The molecule has 1 heterocycles. The van der Waals surface area contributed by atoms with Gasteiger partial charge in [0.05, 0.1) is 19.3 Å². The largest absolute Gasteiger partial charge is 0.396 e. The van der Waals surface area contributed by atoms with Crippen molar-refractivity contribution in [2.75, 3.05) is 39.5 Å². The summed E-state index contributed by atoms with van der Waals surface area (Å²) in [7, 11) is 0. The SMILES string of the molecule is CCNC(=NCC1(CCO)CCOC1)NCC(O)c1cccc(C)c1.I. The first-order valence-corrected chi connectivity index (χ1v) is 9.04. The van der Waals surface area contributed by atoms with Crippen molar-refractivity contribution in [3.05, 3.63) is 35.4 Å². The van der Waals surface area contributed by atoms with Gasteiger partial charge in [-0.05, 0) is 32.3 Å². The van der Waals surface area contributed by atoms with Gasteiger partial charge in [0.25, 0.3) is 0 Å². The van der Waals surface area contributed by atoms with Crippen LogP contribution >= 0.6 is 24.0 Å². The highest BCUT2D eigenvalue weighted by Gasteiger charge is 2.34. The molecule has 26 heavy (non-hydrogen) atoms. The minimum atomic E-state index is -0.593. The third-order valence-electron chi connectivity index (χ3n) is 4.63. The molecule has 1 saturated heterocycles. The summed E-state index contributed by atoms with van der Waals surface area (Å²) in [5.74, 6) is 0.679. The van der Waals surface area contributed by atoms with Crippen LogP contribution in [0.1, 0.15) is 37.0 Å². The van der Waals surface area contributed by atoms with Crippen molar-refractivity contribution in [1.82, 2.24) is 10.6 Å². The summed E-state index contributed by atoms with van der Waals surface area (Å²) in [5, 5.41) is 26.1. The van der Waals surface area contributed by atoms with Crippen LogP contribution in [0.5, 0.6) is 0 Å². The first kappa shape index (κ1) is 23.1. The maximum absolute atomic E-state index is 10.4. The molecule has 0 radical (unpaired) electrons. The number of hydrogen-bond acceptors (Lipinski definition) is 4. The number of guanidine groups is 1. The van der Waals surface area contributed by atoms with E-state index in [4.69, 9.17) is 4.74 Å². The minimum absolute atomic E-state index is 0. The molecule has 0 bridgehead atoms. The van der Waals surface area contributed by atoms with Crippen molar-refractivity contribution in [3.8, 4) is 0 Å². The molecular formula is C19H32IN3O3. The highest BCUT2D eigenvalue weighted by Crippen LogP contribution is 2.32. The number of benzene rings is 1. The van der Waals surface area contributed by atoms with Gasteiger partial charge in [-0.2, -0.15) is 0 Å². The Morgan fingerprint density at radius 1 is 1.38 bits per heavy atom. The molecule has 1 aliphatic heterocycles. The van der Waals surface area contributed by atoms with E-state index in [1.807, 2.05) is 38.1 Å². The summed E-state index contributed by atoms with van der Waals surface area (Å²) in [4.78, 5) is 4.66. The van der Waals surface area contributed by atoms with E-state index in [0.29, 0.717) is 32.1 Å². The second-order valence-corrected chi connectivity index (χ2v) is 6.78. The monoisotopic (exact) mass is 477 g/mol. The lowest BCUT2D eigenvalue weighted by molar-refractivity contribution is 0.131. The lowest BCUT2D eigenvalue weighted by atomic mass is 9.84. The Kier molecular flexibility index (Phi) is 10.4. The van der Waals surface area contributed by atoms with Gasteiger partial charge in [-0.1, -0.05) is 29.8 Å². The average molecular weight is 477 g/mol. The van der Waals surface area contributed by atoms with Gasteiger partial charge in [0.15, 0.2) is 5.96 Å². The highest BCUT2D eigenvalue weighted by atomic mass is 127. The Bertz CT molecular complexity index is 563. The molecule has 1 aliphatic rings. The number of aliphatic hydroxyl groups is 2. The van der Waals surface area contributed by atoms with Crippen LogP contribution in [0.2, 0.25) is 0 Å². The molecule has 0 aliphatic carbocycles. The number of nitrogens with zero attached hydrogens (tertiary/aromatic N) is 1. The fourth-order valence-electron chi connectivity index (χ4n) is 3.06. The molecule has 4 N–H and O–H groups in total. The lowest BCUT2D eigenvalue weighted by Gasteiger charge is -2.25. The minimum Gasteiger partial charge on any atom is -0.396 e. The molecular weight excluding hydrogens is 445 g/mol. The van der Waals surface area contributed by atoms with E-state index in [-0.39, 0.29) is 36.0 Å². The molecule has 1 aromatic rings. The Labute approximate surface area is 173 Å². The molecule has 0 spiro atoms. The highest BCUT2D eigenvalue weighted by molar-refractivity contribution is 14.0. The van der Waals surface area contributed by atoms with Gasteiger partial charge in [-0.15, -0.1) is 24.0 Å². The van der Waals surface area contributed by atoms with E-state index >= 15 is 0 Å². The van der Waals surface area contributed by atoms with Crippen molar-refractivity contribution in [2.45, 2.75) is 32.8 Å². The van der Waals surface area contributed by atoms with Gasteiger partial charge >= 0.3 is 0 Å². The van der Waals surface area contributed by atoms with Gasteiger partial charge in [-0.3, -0.25) is 4.99 Å². The van der Waals surface area contributed by atoms with Gasteiger partial charge in [0.2, 0.25) is 0 Å². The molecule has 2 atom stereocenters. The fourth-order valence-corrected chi connectivity index (χ4v) is 3.06. The summed E-state index contributed by atoms with van der Waals surface area (Å²) in [6.45, 7) is 7.27. The van der Waals surface area contributed by atoms with Gasteiger partial charge < -0.3 is 25.6 Å². The fraction of sp³-hybridized carbons (Fsp3) is 0.632. The maximum atomic E-state index is 10.4. The molecule has 1 aromatic carbocycles. The molecule has 7 heteroatoms. The zero-order valence-corrected chi connectivity index (χ0v) is 18.0. The van der Waals surface area contributed by atoms with Crippen LogP contribution in [0, 0.1) is 12.3 Å². The van der Waals surface area contributed by atoms with Crippen molar-refractivity contribution >= 4 is 29.9 Å². The van der Waals surface area contributed by atoms with Crippen LogP contribution in [-0.2, 0) is 4.74 Å². The van der Waals surface area contributed by atoms with Gasteiger partial charge in [-0.25, -0.2) is 0 Å². The Balaban J connectivity index is 0.00000338. The Morgan fingerprint density at radius 3 is 2.81 bits per heavy atom.